The van der Waals surface area contributed by atoms with E-state index in [0.29, 0.717) is 18.5 Å². The van der Waals surface area contributed by atoms with Gasteiger partial charge in [-0.3, -0.25) is 0 Å². The first-order valence-corrected chi connectivity index (χ1v) is 6.98. The minimum absolute atomic E-state index is 0.233. The van der Waals surface area contributed by atoms with Gasteiger partial charge in [0.05, 0.1) is 0 Å². The third-order valence-electron chi connectivity index (χ3n) is 2.78. The Balaban J connectivity index is 2.67. The molecular weight excluding hydrogens is 273 g/mol. The molecule has 116 valence electrons. The van der Waals surface area contributed by atoms with Gasteiger partial charge in [-0.05, 0) is 38.8 Å². The highest BCUT2D eigenvalue weighted by Crippen LogP contribution is 2.12. The average Bonchev–Trinajstić information content (AvgIpc) is 2.38. The molecule has 0 bridgehead atoms. The Morgan fingerprint density at radius 2 is 1.95 bits per heavy atom. The van der Waals surface area contributed by atoms with Crippen molar-refractivity contribution in [3.63, 3.8) is 0 Å². The van der Waals surface area contributed by atoms with Crippen LogP contribution < -0.4 is 0 Å². The summed E-state index contributed by atoms with van der Waals surface area (Å²) in [6, 6.07) is 6.44. The van der Waals surface area contributed by atoms with E-state index in [1.807, 2.05) is 0 Å². The molecule has 0 spiro atoms. The minimum atomic E-state index is -0.603. The van der Waals surface area contributed by atoms with Crippen molar-refractivity contribution in [1.82, 2.24) is 4.90 Å². The molecule has 0 N–H and O–H groups in total. The zero-order chi connectivity index (χ0) is 15.9. The lowest BCUT2D eigenvalue weighted by Gasteiger charge is -2.27. The second kappa shape index (κ2) is 7.76. The molecule has 0 aliphatic heterocycles. The van der Waals surface area contributed by atoms with E-state index in [1.165, 1.54) is 11.0 Å². The summed E-state index contributed by atoms with van der Waals surface area (Å²) < 4.78 is 18.9. The van der Waals surface area contributed by atoms with Gasteiger partial charge in [-0.1, -0.05) is 18.2 Å². The molecule has 0 heterocycles. The maximum Gasteiger partial charge on any atom is 0.410 e. The molecule has 0 saturated heterocycles. The van der Waals surface area contributed by atoms with Gasteiger partial charge < -0.3 is 14.4 Å². The molecule has 4 nitrogen and oxygen atoms in total. The number of hydrogen-bond donors (Lipinski definition) is 0. The van der Waals surface area contributed by atoms with Gasteiger partial charge in [-0.2, -0.15) is 0 Å². The Morgan fingerprint density at radius 3 is 2.52 bits per heavy atom. The predicted octanol–water partition coefficient (Wildman–Crippen LogP) is 3.19. The van der Waals surface area contributed by atoms with Gasteiger partial charge in [-0.15, -0.1) is 0 Å². The normalized spacial score (nSPS) is 11.0. The smallest absolute Gasteiger partial charge is 0.410 e. The van der Waals surface area contributed by atoms with Crippen LogP contribution in [0, 0.1) is 5.82 Å². The Kier molecular flexibility index (Phi) is 6.34. The summed E-state index contributed by atoms with van der Waals surface area (Å²) in [4.78, 5) is 24.0. The fourth-order valence-corrected chi connectivity index (χ4v) is 1.79. The largest absolute Gasteiger partial charge is 0.444 e. The molecular formula is C16H22FNO3. The van der Waals surface area contributed by atoms with Crippen molar-refractivity contribution in [2.24, 2.45) is 0 Å². The standard InChI is InChI=1S/C16H22FNO3/c1-16(2,3)21-15(20)18(10-6-12-19)11-9-13-7-4-5-8-14(13)17/h4-5,7-8,12H,6,9-11H2,1-3H3. The topological polar surface area (TPSA) is 46.6 Å². The van der Waals surface area contributed by atoms with Crippen molar-refractivity contribution >= 4 is 12.4 Å². The van der Waals surface area contributed by atoms with Crippen molar-refractivity contribution in [3.8, 4) is 0 Å². The van der Waals surface area contributed by atoms with Crippen LogP contribution >= 0.6 is 0 Å². The molecule has 0 fully saturated rings. The molecule has 0 unspecified atom stereocenters. The zero-order valence-corrected chi connectivity index (χ0v) is 12.8. The number of carbonyl (C=O) groups excluding carboxylic acids is 2. The summed E-state index contributed by atoms with van der Waals surface area (Å²) in [5, 5.41) is 0. The number of aldehydes is 1. The van der Waals surface area contributed by atoms with E-state index in [9.17, 15) is 14.0 Å². The number of amides is 1. The Morgan fingerprint density at radius 1 is 1.29 bits per heavy atom. The highest BCUT2D eigenvalue weighted by molar-refractivity contribution is 5.68. The van der Waals surface area contributed by atoms with E-state index in [1.54, 1.807) is 39.0 Å². The first-order chi connectivity index (χ1) is 9.83. The summed E-state index contributed by atoms with van der Waals surface area (Å²) in [5.74, 6) is -0.294. The summed E-state index contributed by atoms with van der Waals surface area (Å²) in [7, 11) is 0. The van der Waals surface area contributed by atoms with E-state index in [4.69, 9.17) is 4.74 Å². The highest BCUT2D eigenvalue weighted by atomic mass is 19.1. The summed E-state index contributed by atoms with van der Waals surface area (Å²) >= 11 is 0. The van der Waals surface area contributed by atoms with E-state index in [-0.39, 0.29) is 18.8 Å². The fourth-order valence-electron chi connectivity index (χ4n) is 1.79. The van der Waals surface area contributed by atoms with Crippen LogP contribution in [0.4, 0.5) is 9.18 Å². The molecule has 1 aromatic carbocycles. The van der Waals surface area contributed by atoms with E-state index < -0.39 is 11.7 Å². The molecule has 0 aliphatic carbocycles. The van der Waals surface area contributed by atoms with Crippen LogP contribution in [0.5, 0.6) is 0 Å². The maximum absolute atomic E-state index is 13.6. The van der Waals surface area contributed by atoms with Gasteiger partial charge in [0, 0.05) is 19.5 Å². The van der Waals surface area contributed by atoms with Crippen LogP contribution in [0.3, 0.4) is 0 Å². The third-order valence-corrected chi connectivity index (χ3v) is 2.78. The number of halogens is 1. The van der Waals surface area contributed by atoms with E-state index in [0.717, 1.165) is 6.29 Å². The second-order valence-corrected chi connectivity index (χ2v) is 5.76. The average molecular weight is 295 g/mol. The number of hydrogen-bond acceptors (Lipinski definition) is 3. The van der Waals surface area contributed by atoms with Crippen molar-refractivity contribution in [3.05, 3.63) is 35.6 Å². The fraction of sp³-hybridized carbons (Fsp3) is 0.500. The van der Waals surface area contributed by atoms with E-state index >= 15 is 0 Å². The lowest BCUT2D eigenvalue weighted by atomic mass is 10.1. The third kappa shape index (κ3) is 6.38. The van der Waals surface area contributed by atoms with Crippen LogP contribution in [0.15, 0.2) is 24.3 Å². The van der Waals surface area contributed by atoms with Crippen LogP contribution in [-0.2, 0) is 16.0 Å². The number of rotatable bonds is 6. The lowest BCUT2D eigenvalue weighted by Crippen LogP contribution is -2.38. The van der Waals surface area contributed by atoms with Gasteiger partial charge in [0.15, 0.2) is 0 Å². The molecule has 0 radical (unpaired) electrons. The van der Waals surface area contributed by atoms with Crippen LogP contribution in [0.2, 0.25) is 0 Å². The van der Waals surface area contributed by atoms with Gasteiger partial charge >= 0.3 is 6.09 Å². The monoisotopic (exact) mass is 295 g/mol. The first kappa shape index (κ1) is 17.1. The van der Waals surface area contributed by atoms with Crippen LogP contribution in [0.25, 0.3) is 0 Å². The van der Waals surface area contributed by atoms with Crippen molar-refractivity contribution < 1.29 is 18.7 Å². The molecule has 0 aliphatic rings. The van der Waals surface area contributed by atoms with Crippen molar-refractivity contribution in [2.75, 3.05) is 13.1 Å². The second-order valence-electron chi connectivity index (χ2n) is 5.76. The number of carbonyl (C=O) groups is 2. The summed E-state index contributed by atoms with van der Waals surface area (Å²) in [6.45, 7) is 5.91. The van der Waals surface area contributed by atoms with Crippen molar-refractivity contribution in [2.45, 2.75) is 39.2 Å². The van der Waals surface area contributed by atoms with Gasteiger partial charge in [-0.25, -0.2) is 9.18 Å². The lowest BCUT2D eigenvalue weighted by molar-refractivity contribution is -0.108. The first-order valence-electron chi connectivity index (χ1n) is 6.98. The molecule has 1 aromatic rings. The molecule has 1 amide bonds. The number of nitrogens with zero attached hydrogens (tertiary/aromatic N) is 1. The van der Waals surface area contributed by atoms with E-state index in [2.05, 4.69) is 0 Å². The molecule has 1 rings (SSSR count). The molecule has 0 saturated carbocycles. The number of benzene rings is 1. The summed E-state index contributed by atoms with van der Waals surface area (Å²) in [5.41, 5.74) is -0.0636. The quantitative estimate of drug-likeness (QED) is 0.757. The van der Waals surface area contributed by atoms with Crippen LogP contribution in [-0.4, -0.2) is 36.0 Å². The molecule has 5 heteroatoms. The van der Waals surface area contributed by atoms with Gasteiger partial charge in [0.2, 0.25) is 0 Å². The minimum Gasteiger partial charge on any atom is -0.444 e. The van der Waals surface area contributed by atoms with Gasteiger partial charge in [0.1, 0.15) is 17.7 Å². The van der Waals surface area contributed by atoms with Crippen molar-refractivity contribution in [1.29, 1.82) is 0 Å². The Bertz CT molecular complexity index is 483. The number of ether oxygens (including phenoxy) is 1. The maximum atomic E-state index is 13.6. The Labute approximate surface area is 124 Å². The van der Waals surface area contributed by atoms with Gasteiger partial charge in [0.25, 0.3) is 0 Å². The Hall–Kier alpha value is -1.91. The molecule has 0 aromatic heterocycles. The SMILES string of the molecule is CC(C)(C)OC(=O)N(CCC=O)CCc1ccccc1F. The van der Waals surface area contributed by atoms with Crippen LogP contribution in [0.1, 0.15) is 32.8 Å². The molecule has 21 heavy (non-hydrogen) atoms. The molecule has 0 atom stereocenters. The summed E-state index contributed by atoms with van der Waals surface area (Å²) in [6.07, 6.45) is 0.877. The predicted molar refractivity (Wildman–Crippen MR) is 78.6 cm³/mol. The zero-order valence-electron chi connectivity index (χ0n) is 12.8. The highest BCUT2D eigenvalue weighted by Gasteiger charge is 2.21.